The number of hydrogen-bond acceptors (Lipinski definition) is 3. The van der Waals surface area contributed by atoms with Crippen molar-refractivity contribution >= 4 is 9.52 Å². The maximum absolute atomic E-state index is 5.15. The van der Waals surface area contributed by atoms with Gasteiger partial charge in [0.15, 0.2) is 0 Å². The van der Waals surface area contributed by atoms with Crippen molar-refractivity contribution in [2.45, 2.75) is 37.3 Å². The van der Waals surface area contributed by atoms with Crippen LogP contribution in [0, 0.1) is 0 Å². The highest BCUT2D eigenvalue weighted by molar-refractivity contribution is 6.36. The zero-order valence-corrected chi connectivity index (χ0v) is 10.0. The Morgan fingerprint density at radius 3 is 2.62 bits per heavy atom. The minimum absolute atomic E-state index is 0.122. The molecule has 0 N–H and O–H groups in total. The Morgan fingerprint density at radius 1 is 1.38 bits per heavy atom. The SMILES string of the molecule is COC(OC)[SiH2]CCCCC1CO1. The molecule has 0 aromatic rings. The molecule has 1 saturated heterocycles. The number of ether oxygens (including phenoxy) is 3. The summed E-state index contributed by atoms with van der Waals surface area (Å²) >= 11 is 0. The molecule has 0 spiro atoms. The quantitative estimate of drug-likeness (QED) is 0.253. The molecule has 1 atom stereocenters. The van der Waals surface area contributed by atoms with E-state index < -0.39 is 0 Å². The van der Waals surface area contributed by atoms with Gasteiger partial charge in [-0.3, -0.25) is 0 Å². The van der Waals surface area contributed by atoms with Crippen LogP contribution >= 0.6 is 0 Å². The molecule has 4 heteroatoms. The third kappa shape index (κ3) is 5.41. The van der Waals surface area contributed by atoms with Crippen molar-refractivity contribution in [1.29, 1.82) is 0 Å². The Labute approximate surface area is 82.6 Å². The molecule has 1 fully saturated rings. The van der Waals surface area contributed by atoms with E-state index in [1.807, 2.05) is 0 Å². The number of epoxide rings is 1. The second-order valence-corrected chi connectivity index (χ2v) is 5.45. The summed E-state index contributed by atoms with van der Waals surface area (Å²) in [5.74, 6) is 0.122. The molecule has 0 aliphatic carbocycles. The Bertz CT molecular complexity index is 124. The van der Waals surface area contributed by atoms with Crippen LogP contribution in [0.4, 0.5) is 0 Å². The van der Waals surface area contributed by atoms with Gasteiger partial charge in [-0.1, -0.05) is 18.9 Å². The van der Waals surface area contributed by atoms with E-state index in [1.54, 1.807) is 14.2 Å². The predicted molar refractivity (Wildman–Crippen MR) is 54.7 cm³/mol. The predicted octanol–water partition coefficient (Wildman–Crippen LogP) is 0.719. The Balaban J connectivity index is 1.81. The van der Waals surface area contributed by atoms with Gasteiger partial charge in [-0.2, -0.15) is 0 Å². The summed E-state index contributed by atoms with van der Waals surface area (Å²) in [6.45, 7) is 0.996. The molecule has 0 saturated carbocycles. The van der Waals surface area contributed by atoms with Crippen molar-refractivity contribution in [2.75, 3.05) is 20.8 Å². The molecule has 13 heavy (non-hydrogen) atoms. The van der Waals surface area contributed by atoms with E-state index in [4.69, 9.17) is 14.2 Å². The average molecular weight is 204 g/mol. The molecule has 0 bridgehead atoms. The maximum atomic E-state index is 5.15. The molecule has 1 unspecified atom stereocenters. The Morgan fingerprint density at radius 2 is 2.08 bits per heavy atom. The lowest BCUT2D eigenvalue weighted by Gasteiger charge is -2.11. The van der Waals surface area contributed by atoms with E-state index in [0.29, 0.717) is 6.10 Å². The van der Waals surface area contributed by atoms with Crippen LogP contribution in [0.2, 0.25) is 6.04 Å². The fourth-order valence-electron chi connectivity index (χ4n) is 1.43. The van der Waals surface area contributed by atoms with Gasteiger partial charge >= 0.3 is 0 Å². The number of unbranched alkanes of at least 4 members (excludes halogenated alkanes) is 1. The molecule has 0 aromatic carbocycles. The Kier molecular flexibility index (Phi) is 5.62. The monoisotopic (exact) mass is 204 g/mol. The molecule has 1 heterocycles. The second kappa shape index (κ2) is 6.54. The number of hydrogen-bond donors (Lipinski definition) is 0. The van der Waals surface area contributed by atoms with Gasteiger partial charge in [0.05, 0.1) is 22.2 Å². The largest absolute Gasteiger partial charge is 0.373 e. The summed E-state index contributed by atoms with van der Waals surface area (Å²) in [6.07, 6.45) is 4.47. The van der Waals surface area contributed by atoms with Crippen LogP contribution in [0.15, 0.2) is 0 Å². The van der Waals surface area contributed by atoms with Crippen molar-refractivity contribution in [1.82, 2.24) is 0 Å². The van der Waals surface area contributed by atoms with E-state index in [0.717, 1.165) is 6.61 Å². The lowest BCUT2D eigenvalue weighted by Crippen LogP contribution is -2.20. The minimum Gasteiger partial charge on any atom is -0.373 e. The highest BCUT2D eigenvalue weighted by atomic mass is 28.2. The van der Waals surface area contributed by atoms with Gasteiger partial charge < -0.3 is 14.2 Å². The summed E-state index contributed by atoms with van der Waals surface area (Å²) in [7, 11) is 3.26. The lowest BCUT2D eigenvalue weighted by atomic mass is 10.2. The van der Waals surface area contributed by atoms with E-state index >= 15 is 0 Å². The van der Waals surface area contributed by atoms with Crippen LogP contribution in [0.25, 0.3) is 0 Å². The van der Waals surface area contributed by atoms with Gasteiger partial charge in [0.1, 0.15) is 5.91 Å². The van der Waals surface area contributed by atoms with Crippen LogP contribution < -0.4 is 0 Å². The molecule has 1 aliphatic heterocycles. The van der Waals surface area contributed by atoms with Crippen molar-refractivity contribution in [3.8, 4) is 0 Å². The molecular weight excluding hydrogens is 184 g/mol. The van der Waals surface area contributed by atoms with Gasteiger partial charge in [0, 0.05) is 14.2 Å². The van der Waals surface area contributed by atoms with Crippen molar-refractivity contribution in [3.63, 3.8) is 0 Å². The topological polar surface area (TPSA) is 31.0 Å². The van der Waals surface area contributed by atoms with Crippen molar-refractivity contribution in [3.05, 3.63) is 0 Å². The van der Waals surface area contributed by atoms with Gasteiger partial charge in [0.25, 0.3) is 0 Å². The zero-order valence-electron chi connectivity index (χ0n) is 8.62. The molecule has 0 amide bonds. The average Bonchev–Trinajstić information content (AvgIpc) is 2.95. The van der Waals surface area contributed by atoms with E-state index in [1.165, 1.54) is 25.3 Å². The molecule has 0 aromatic heterocycles. The van der Waals surface area contributed by atoms with Crippen LogP contribution in [0.3, 0.4) is 0 Å². The molecule has 1 aliphatic rings. The summed E-state index contributed by atoms with van der Waals surface area (Å²) in [6, 6.07) is 1.32. The van der Waals surface area contributed by atoms with E-state index in [2.05, 4.69) is 0 Å². The smallest absolute Gasteiger partial charge is 0.134 e. The summed E-state index contributed by atoms with van der Waals surface area (Å²) in [4.78, 5) is 0. The second-order valence-electron chi connectivity index (χ2n) is 3.49. The first-order valence-corrected chi connectivity index (χ1v) is 6.85. The van der Waals surface area contributed by atoms with Crippen LogP contribution in [0.5, 0.6) is 0 Å². The summed E-state index contributed by atoms with van der Waals surface area (Å²) in [5, 5.41) is 0. The first-order valence-electron chi connectivity index (χ1n) is 5.04. The molecular formula is C9H20O3Si. The third-order valence-corrected chi connectivity index (χ3v) is 4.44. The lowest BCUT2D eigenvalue weighted by molar-refractivity contribution is -0.0441. The van der Waals surface area contributed by atoms with Gasteiger partial charge in [-0.15, -0.1) is 0 Å². The van der Waals surface area contributed by atoms with Crippen molar-refractivity contribution < 1.29 is 14.2 Å². The fraction of sp³-hybridized carbons (Fsp3) is 1.00. The molecule has 1 rings (SSSR count). The van der Waals surface area contributed by atoms with Crippen molar-refractivity contribution in [2.24, 2.45) is 0 Å². The number of rotatable bonds is 8. The molecule has 0 radical (unpaired) electrons. The van der Waals surface area contributed by atoms with Crippen LogP contribution in [-0.2, 0) is 14.2 Å². The maximum Gasteiger partial charge on any atom is 0.134 e. The molecule has 3 nitrogen and oxygen atoms in total. The van der Waals surface area contributed by atoms with E-state index in [-0.39, 0.29) is 15.4 Å². The van der Waals surface area contributed by atoms with E-state index in [9.17, 15) is 0 Å². The van der Waals surface area contributed by atoms with Gasteiger partial charge in [-0.25, -0.2) is 0 Å². The summed E-state index contributed by atoms with van der Waals surface area (Å²) < 4.78 is 15.4. The summed E-state index contributed by atoms with van der Waals surface area (Å²) in [5.41, 5.74) is 0. The third-order valence-electron chi connectivity index (χ3n) is 2.39. The number of methoxy groups -OCH3 is 2. The zero-order chi connectivity index (χ0) is 9.52. The minimum atomic E-state index is -0.184. The highest BCUT2D eigenvalue weighted by Gasteiger charge is 2.20. The first kappa shape index (κ1) is 11.2. The van der Waals surface area contributed by atoms with Crippen LogP contribution in [-0.4, -0.2) is 42.4 Å². The highest BCUT2D eigenvalue weighted by Crippen LogP contribution is 2.17. The van der Waals surface area contributed by atoms with Gasteiger partial charge in [-0.05, 0) is 6.42 Å². The van der Waals surface area contributed by atoms with Crippen LogP contribution in [0.1, 0.15) is 19.3 Å². The molecule has 78 valence electrons. The standard InChI is InChI=1S/C9H20O3Si/c1-10-9(11-2)13-6-4-3-5-8-7-12-8/h8-9H,3-7,13H2,1-2H3. The first-order chi connectivity index (χ1) is 6.36. The Hall–Kier alpha value is 0.0969. The normalized spacial score (nSPS) is 21.9. The van der Waals surface area contributed by atoms with Gasteiger partial charge in [0.2, 0.25) is 0 Å². The fourth-order valence-corrected chi connectivity index (χ4v) is 2.87.